The number of nitrogens with one attached hydrogen (secondary N) is 1. The first-order chi connectivity index (χ1) is 17.6. The Morgan fingerprint density at radius 3 is 2.19 bits per heavy atom. The Bertz CT molecular complexity index is 1330. The van der Waals surface area contributed by atoms with Crippen molar-refractivity contribution in [2.24, 2.45) is 5.10 Å². The van der Waals surface area contributed by atoms with Gasteiger partial charge in [-0.3, -0.25) is 4.79 Å². The van der Waals surface area contributed by atoms with Gasteiger partial charge in [-0.2, -0.15) is 5.10 Å². The van der Waals surface area contributed by atoms with Gasteiger partial charge in [-0.1, -0.05) is 54.6 Å². The molecule has 1 N–H and O–H groups in total. The van der Waals surface area contributed by atoms with Crippen LogP contribution in [0, 0.1) is 0 Å². The lowest BCUT2D eigenvalue weighted by Crippen LogP contribution is -2.24. The van der Waals surface area contributed by atoms with E-state index >= 15 is 0 Å². The molecule has 0 aliphatic heterocycles. The first-order valence-corrected chi connectivity index (χ1v) is 11.2. The van der Waals surface area contributed by atoms with E-state index in [1.807, 2.05) is 54.6 Å². The van der Waals surface area contributed by atoms with Crippen molar-refractivity contribution in [2.75, 3.05) is 13.7 Å². The summed E-state index contributed by atoms with van der Waals surface area (Å²) in [6.07, 6.45) is 1.46. The van der Waals surface area contributed by atoms with Crippen molar-refractivity contribution < 1.29 is 23.8 Å². The van der Waals surface area contributed by atoms with Crippen LogP contribution in [0.1, 0.15) is 15.9 Å². The SMILES string of the molecule is COc1ccc(C(=O)Oc2cccc(/C=N\NC(=O)COc3ccc(-c4ccccc4)cc3)c2)cc1. The average molecular weight is 481 g/mol. The second-order valence-electron chi connectivity index (χ2n) is 7.66. The number of hydrazone groups is 1. The van der Waals surface area contributed by atoms with E-state index in [0.717, 1.165) is 11.1 Å². The molecule has 0 aliphatic carbocycles. The topological polar surface area (TPSA) is 86.2 Å². The van der Waals surface area contributed by atoms with Gasteiger partial charge in [0.25, 0.3) is 5.91 Å². The molecule has 0 atom stereocenters. The van der Waals surface area contributed by atoms with E-state index < -0.39 is 11.9 Å². The van der Waals surface area contributed by atoms with Gasteiger partial charge in [0.15, 0.2) is 6.61 Å². The first-order valence-electron chi connectivity index (χ1n) is 11.2. The molecule has 180 valence electrons. The molecular formula is C29H24N2O5. The fourth-order valence-electron chi connectivity index (χ4n) is 3.29. The van der Waals surface area contributed by atoms with Crippen LogP contribution in [0.4, 0.5) is 0 Å². The molecule has 0 unspecified atom stereocenters. The van der Waals surface area contributed by atoms with E-state index in [2.05, 4.69) is 10.5 Å². The molecule has 0 heterocycles. The molecule has 4 rings (SSSR count). The predicted octanol–water partition coefficient (Wildman–Crippen LogP) is 5.11. The zero-order valence-electron chi connectivity index (χ0n) is 19.6. The van der Waals surface area contributed by atoms with E-state index in [1.54, 1.807) is 55.6 Å². The highest BCUT2D eigenvalue weighted by Gasteiger charge is 2.09. The van der Waals surface area contributed by atoms with Gasteiger partial charge in [0, 0.05) is 0 Å². The van der Waals surface area contributed by atoms with E-state index in [1.165, 1.54) is 6.21 Å². The molecule has 0 saturated carbocycles. The van der Waals surface area contributed by atoms with Crippen LogP contribution in [-0.4, -0.2) is 31.8 Å². The highest BCUT2D eigenvalue weighted by Crippen LogP contribution is 2.22. The van der Waals surface area contributed by atoms with Crippen molar-refractivity contribution >= 4 is 18.1 Å². The molecule has 0 spiro atoms. The van der Waals surface area contributed by atoms with Crippen LogP contribution in [0.5, 0.6) is 17.2 Å². The molecule has 36 heavy (non-hydrogen) atoms. The minimum Gasteiger partial charge on any atom is -0.497 e. The van der Waals surface area contributed by atoms with Gasteiger partial charge >= 0.3 is 5.97 Å². The lowest BCUT2D eigenvalue weighted by atomic mass is 10.1. The van der Waals surface area contributed by atoms with Crippen LogP contribution >= 0.6 is 0 Å². The number of ether oxygens (including phenoxy) is 3. The number of amides is 1. The number of benzene rings is 4. The zero-order valence-corrected chi connectivity index (χ0v) is 19.6. The lowest BCUT2D eigenvalue weighted by molar-refractivity contribution is -0.123. The fourth-order valence-corrected chi connectivity index (χ4v) is 3.29. The summed E-state index contributed by atoms with van der Waals surface area (Å²) in [6.45, 7) is -0.179. The Kier molecular flexibility index (Phi) is 8.07. The molecule has 0 saturated heterocycles. The highest BCUT2D eigenvalue weighted by molar-refractivity contribution is 5.91. The summed E-state index contributed by atoms with van der Waals surface area (Å²) in [5.74, 6) is 0.696. The Labute approximate surface area is 209 Å². The maximum absolute atomic E-state index is 12.3. The number of carbonyl (C=O) groups is 2. The van der Waals surface area contributed by atoms with Gasteiger partial charge in [0.05, 0.1) is 18.9 Å². The summed E-state index contributed by atoms with van der Waals surface area (Å²) in [4.78, 5) is 24.4. The third-order valence-electron chi connectivity index (χ3n) is 5.13. The lowest BCUT2D eigenvalue weighted by Gasteiger charge is -2.07. The summed E-state index contributed by atoms with van der Waals surface area (Å²) >= 11 is 0. The molecule has 0 radical (unpaired) electrons. The van der Waals surface area contributed by atoms with Crippen LogP contribution in [-0.2, 0) is 4.79 Å². The van der Waals surface area contributed by atoms with Gasteiger partial charge in [-0.15, -0.1) is 0 Å². The van der Waals surface area contributed by atoms with Crippen molar-refractivity contribution in [1.82, 2.24) is 5.43 Å². The Balaban J connectivity index is 1.25. The molecule has 7 nitrogen and oxygen atoms in total. The number of nitrogens with zero attached hydrogens (tertiary/aromatic N) is 1. The smallest absolute Gasteiger partial charge is 0.343 e. The Morgan fingerprint density at radius 2 is 1.47 bits per heavy atom. The van der Waals surface area contributed by atoms with Gasteiger partial charge in [-0.05, 0) is 65.2 Å². The molecule has 0 bridgehead atoms. The van der Waals surface area contributed by atoms with Crippen LogP contribution in [0.3, 0.4) is 0 Å². The van der Waals surface area contributed by atoms with Gasteiger partial charge < -0.3 is 14.2 Å². The van der Waals surface area contributed by atoms with E-state index in [4.69, 9.17) is 14.2 Å². The maximum atomic E-state index is 12.3. The number of rotatable bonds is 9. The van der Waals surface area contributed by atoms with Crippen LogP contribution in [0.2, 0.25) is 0 Å². The molecule has 0 fully saturated rings. The summed E-state index contributed by atoms with van der Waals surface area (Å²) in [7, 11) is 1.56. The molecule has 1 amide bonds. The van der Waals surface area contributed by atoms with Crippen molar-refractivity contribution in [3.63, 3.8) is 0 Å². The van der Waals surface area contributed by atoms with Crippen LogP contribution in [0.25, 0.3) is 11.1 Å². The summed E-state index contributed by atoms with van der Waals surface area (Å²) < 4.78 is 16.0. The van der Waals surface area contributed by atoms with E-state index in [0.29, 0.717) is 28.4 Å². The fraction of sp³-hybridized carbons (Fsp3) is 0.0690. The highest BCUT2D eigenvalue weighted by atomic mass is 16.5. The third kappa shape index (κ3) is 6.80. The molecule has 0 aromatic heterocycles. The zero-order chi connectivity index (χ0) is 25.2. The summed E-state index contributed by atoms with van der Waals surface area (Å²) in [6, 6.07) is 30.9. The van der Waals surface area contributed by atoms with Crippen LogP contribution < -0.4 is 19.6 Å². The number of carbonyl (C=O) groups excluding carboxylic acids is 2. The maximum Gasteiger partial charge on any atom is 0.343 e. The van der Waals surface area contributed by atoms with Crippen molar-refractivity contribution in [2.45, 2.75) is 0 Å². The quantitative estimate of drug-likeness (QED) is 0.156. The third-order valence-corrected chi connectivity index (χ3v) is 5.13. The minimum atomic E-state index is -0.492. The average Bonchev–Trinajstić information content (AvgIpc) is 2.93. The van der Waals surface area contributed by atoms with Crippen molar-refractivity contribution in [3.8, 4) is 28.4 Å². The van der Waals surface area contributed by atoms with Gasteiger partial charge in [0.1, 0.15) is 17.2 Å². The number of hydrogen-bond acceptors (Lipinski definition) is 6. The molecule has 0 aliphatic rings. The van der Waals surface area contributed by atoms with E-state index in [9.17, 15) is 9.59 Å². The Morgan fingerprint density at radius 1 is 0.778 bits per heavy atom. The molecular weight excluding hydrogens is 456 g/mol. The minimum absolute atomic E-state index is 0.179. The number of hydrogen-bond donors (Lipinski definition) is 1. The van der Waals surface area contributed by atoms with E-state index in [-0.39, 0.29) is 6.61 Å². The largest absolute Gasteiger partial charge is 0.497 e. The second kappa shape index (κ2) is 12.0. The van der Waals surface area contributed by atoms with Crippen molar-refractivity contribution in [1.29, 1.82) is 0 Å². The molecule has 4 aromatic carbocycles. The number of esters is 1. The Hall–Kier alpha value is -4.91. The predicted molar refractivity (Wildman–Crippen MR) is 138 cm³/mol. The molecule has 7 heteroatoms. The first kappa shape index (κ1) is 24.2. The van der Waals surface area contributed by atoms with Crippen LogP contribution in [0.15, 0.2) is 108 Å². The summed E-state index contributed by atoms with van der Waals surface area (Å²) in [5, 5.41) is 3.95. The second-order valence-corrected chi connectivity index (χ2v) is 7.66. The monoisotopic (exact) mass is 480 g/mol. The standard InChI is InChI=1S/C29H24N2O5/c1-34-25-14-12-24(13-15-25)29(33)36-27-9-5-6-21(18-27)19-30-31-28(32)20-35-26-16-10-23(11-17-26)22-7-3-2-4-8-22/h2-19H,20H2,1H3,(H,31,32)/b30-19-. The number of methoxy groups -OCH3 is 1. The molecule has 4 aromatic rings. The summed E-state index contributed by atoms with van der Waals surface area (Å²) in [5.41, 5.74) is 5.64. The van der Waals surface area contributed by atoms with Gasteiger partial charge in [0.2, 0.25) is 0 Å². The van der Waals surface area contributed by atoms with Crippen molar-refractivity contribution in [3.05, 3.63) is 114 Å². The van der Waals surface area contributed by atoms with Gasteiger partial charge in [-0.25, -0.2) is 10.2 Å². The normalized spacial score (nSPS) is 10.6.